The minimum absolute atomic E-state index is 0.416. The average Bonchev–Trinajstić information content (AvgIpc) is 2.72. The molecule has 0 unspecified atom stereocenters. The summed E-state index contributed by atoms with van der Waals surface area (Å²) < 4.78 is 60.9. The van der Waals surface area contributed by atoms with Crippen LogP contribution in [0.1, 0.15) is 32.1 Å². The highest BCUT2D eigenvalue weighted by Gasteiger charge is 2.51. The maximum atomic E-state index is 10.8. The smallest absolute Gasteiger partial charge is 0.272 e. The van der Waals surface area contributed by atoms with Crippen LogP contribution in [-0.4, -0.2) is 36.6 Å². The first-order chi connectivity index (χ1) is 8.10. The van der Waals surface area contributed by atoms with Gasteiger partial charge in [-0.1, -0.05) is 0 Å². The van der Waals surface area contributed by atoms with Gasteiger partial charge in [-0.3, -0.25) is 9.11 Å². The summed E-state index contributed by atoms with van der Waals surface area (Å²) in [7, 11) is -9.25. The molecule has 0 spiro atoms. The molecule has 18 heavy (non-hydrogen) atoms. The number of nitrogens with one attached hydrogen (secondary N) is 2. The Hall–Kier alpha value is -0.300. The maximum Gasteiger partial charge on any atom is 0.347 e. The Morgan fingerprint density at radius 1 is 1.00 bits per heavy atom. The van der Waals surface area contributed by atoms with E-state index in [1.54, 1.807) is 9.66 Å². The lowest BCUT2D eigenvalue weighted by atomic mass is 9.94. The van der Waals surface area contributed by atoms with Gasteiger partial charge in [0.2, 0.25) is 0 Å². The zero-order chi connectivity index (χ0) is 13.6. The first-order valence-electron chi connectivity index (χ1n) is 5.40. The number of hydrazine groups is 2. The molecule has 0 atom stereocenters. The second-order valence-electron chi connectivity index (χ2n) is 4.84. The molecule has 0 aromatic heterocycles. The van der Waals surface area contributed by atoms with Crippen molar-refractivity contribution in [2.45, 2.75) is 37.6 Å². The Kier molecular flexibility index (Phi) is 3.43. The van der Waals surface area contributed by atoms with Gasteiger partial charge in [0.15, 0.2) is 0 Å². The fourth-order valence-electron chi connectivity index (χ4n) is 2.92. The van der Waals surface area contributed by atoms with E-state index in [2.05, 4.69) is 0 Å². The predicted molar refractivity (Wildman–Crippen MR) is 60.5 cm³/mol. The summed E-state index contributed by atoms with van der Waals surface area (Å²) in [6.45, 7) is 0. The van der Waals surface area contributed by atoms with Crippen LogP contribution >= 0.6 is 0 Å². The normalized spacial score (nSPS) is 32.3. The molecule has 2 bridgehead atoms. The molecule has 11 heteroatoms. The van der Waals surface area contributed by atoms with Crippen LogP contribution in [0.2, 0.25) is 0 Å². The van der Waals surface area contributed by atoms with E-state index < -0.39 is 26.1 Å². The summed E-state index contributed by atoms with van der Waals surface area (Å²) >= 11 is 0. The second kappa shape index (κ2) is 4.37. The molecular weight excluding hydrogens is 286 g/mol. The quantitative estimate of drug-likeness (QED) is 0.387. The Labute approximate surface area is 105 Å². The van der Waals surface area contributed by atoms with E-state index in [1.165, 1.54) is 0 Å². The summed E-state index contributed by atoms with van der Waals surface area (Å²) in [6.07, 6.45) is 3.50. The highest BCUT2D eigenvalue weighted by Crippen LogP contribution is 2.50. The van der Waals surface area contributed by atoms with Gasteiger partial charge in [0.1, 0.15) is 0 Å². The fraction of sp³-hybridized carbons (Fsp3) is 1.00. The first-order valence-corrected chi connectivity index (χ1v) is 8.28. The largest absolute Gasteiger partial charge is 0.347 e. The van der Waals surface area contributed by atoms with Crippen LogP contribution in [-0.2, 0) is 20.6 Å². The van der Waals surface area contributed by atoms with Gasteiger partial charge >= 0.3 is 20.6 Å². The van der Waals surface area contributed by atoms with Crippen molar-refractivity contribution in [1.82, 2.24) is 14.8 Å². The first kappa shape index (κ1) is 14.1. The van der Waals surface area contributed by atoms with Gasteiger partial charge < -0.3 is 0 Å². The molecule has 0 aromatic rings. The van der Waals surface area contributed by atoms with Crippen LogP contribution in [0.4, 0.5) is 0 Å². The molecule has 0 amide bonds. The van der Waals surface area contributed by atoms with Crippen LogP contribution < -0.4 is 9.66 Å². The molecule has 0 aromatic carbocycles. The average molecular weight is 301 g/mol. The molecule has 2 rings (SSSR count). The van der Waals surface area contributed by atoms with E-state index in [0.29, 0.717) is 30.3 Å². The molecule has 0 radical (unpaired) electrons. The SMILES string of the molecule is O=S(=O)(O)NN(NS(=O)(=O)O)C12CCC(CC1)C2. The number of nitrogens with zero attached hydrogens (tertiary/aromatic N) is 1. The van der Waals surface area contributed by atoms with E-state index in [0.717, 1.165) is 12.8 Å². The fourth-order valence-corrected chi connectivity index (χ4v) is 3.92. The molecule has 0 heterocycles. The molecule has 2 aliphatic carbocycles. The van der Waals surface area contributed by atoms with Crippen molar-refractivity contribution in [3.8, 4) is 0 Å². The van der Waals surface area contributed by atoms with Crippen LogP contribution in [0.3, 0.4) is 0 Å². The summed E-state index contributed by atoms with van der Waals surface area (Å²) in [5, 5.41) is 0.699. The van der Waals surface area contributed by atoms with Gasteiger partial charge in [0.25, 0.3) is 0 Å². The Morgan fingerprint density at radius 2 is 1.44 bits per heavy atom. The van der Waals surface area contributed by atoms with Crippen LogP contribution in [0, 0.1) is 5.92 Å². The summed E-state index contributed by atoms with van der Waals surface area (Å²) in [4.78, 5) is 3.37. The van der Waals surface area contributed by atoms with Crippen molar-refractivity contribution in [2.75, 3.05) is 0 Å². The molecule has 9 nitrogen and oxygen atoms in total. The van der Waals surface area contributed by atoms with E-state index in [9.17, 15) is 16.8 Å². The predicted octanol–water partition coefficient (Wildman–Crippen LogP) is -0.764. The number of hydrogen-bond donors (Lipinski definition) is 4. The summed E-state index contributed by atoms with van der Waals surface area (Å²) in [5.41, 5.74) is -0.726. The van der Waals surface area contributed by atoms with Crippen molar-refractivity contribution in [3.05, 3.63) is 0 Å². The van der Waals surface area contributed by atoms with E-state index >= 15 is 0 Å². The summed E-state index contributed by atoms with van der Waals surface area (Å²) in [6, 6.07) is 0. The topological polar surface area (TPSA) is 136 Å². The standard InChI is InChI=1S/C7H15N3O6S2/c11-17(12,13)8-10(9-18(14,15)16)7-3-1-6(5-7)2-4-7/h6,8-9H,1-5H2,(H,11,12,13)(H,14,15,16). The van der Waals surface area contributed by atoms with Crippen LogP contribution in [0.25, 0.3) is 0 Å². The van der Waals surface area contributed by atoms with Gasteiger partial charge in [-0.25, -0.2) is 0 Å². The van der Waals surface area contributed by atoms with Gasteiger partial charge in [0.05, 0.1) is 5.54 Å². The molecule has 2 aliphatic rings. The van der Waals surface area contributed by atoms with Crippen molar-refractivity contribution in [2.24, 2.45) is 5.92 Å². The van der Waals surface area contributed by atoms with Crippen LogP contribution in [0.15, 0.2) is 0 Å². The van der Waals surface area contributed by atoms with Gasteiger partial charge in [-0.05, 0) is 38.0 Å². The highest BCUT2D eigenvalue weighted by atomic mass is 32.2. The van der Waals surface area contributed by atoms with Crippen molar-refractivity contribution in [1.29, 1.82) is 0 Å². The molecule has 0 aliphatic heterocycles. The third-order valence-electron chi connectivity index (χ3n) is 3.59. The molecular formula is C7H15N3O6S2. The Bertz CT molecular complexity index is 487. The molecule has 4 N–H and O–H groups in total. The molecule has 106 valence electrons. The minimum atomic E-state index is -4.62. The monoisotopic (exact) mass is 301 g/mol. The second-order valence-corrected chi connectivity index (χ2v) is 7.11. The van der Waals surface area contributed by atoms with E-state index in [4.69, 9.17) is 9.11 Å². The lowest BCUT2D eigenvalue weighted by Gasteiger charge is -2.37. The van der Waals surface area contributed by atoms with Gasteiger partial charge in [0, 0.05) is 0 Å². The summed E-state index contributed by atoms with van der Waals surface area (Å²) in [5.74, 6) is 0.416. The third-order valence-corrected chi connectivity index (χ3v) is 4.42. The number of rotatable bonds is 5. The lowest BCUT2D eigenvalue weighted by Crippen LogP contribution is -2.62. The van der Waals surface area contributed by atoms with Crippen LogP contribution in [0.5, 0.6) is 0 Å². The van der Waals surface area contributed by atoms with Crippen molar-refractivity contribution >= 4 is 20.6 Å². The molecule has 0 saturated heterocycles. The minimum Gasteiger partial charge on any atom is -0.272 e. The lowest BCUT2D eigenvalue weighted by molar-refractivity contribution is 0.0396. The molecule has 2 fully saturated rings. The van der Waals surface area contributed by atoms with Crippen molar-refractivity contribution in [3.63, 3.8) is 0 Å². The van der Waals surface area contributed by atoms with E-state index in [1.807, 2.05) is 0 Å². The maximum absolute atomic E-state index is 10.8. The number of fused-ring (bicyclic) bond motifs is 2. The van der Waals surface area contributed by atoms with Crippen molar-refractivity contribution < 1.29 is 25.9 Å². The Morgan fingerprint density at radius 3 is 1.72 bits per heavy atom. The van der Waals surface area contributed by atoms with E-state index in [-0.39, 0.29) is 0 Å². The number of hydrogen-bond acceptors (Lipinski definition) is 5. The zero-order valence-corrected chi connectivity index (χ0v) is 11.0. The van der Waals surface area contributed by atoms with Gasteiger partial charge in [-0.2, -0.15) is 16.8 Å². The highest BCUT2D eigenvalue weighted by molar-refractivity contribution is 7.84. The Balaban J connectivity index is 2.24. The molecule has 2 saturated carbocycles. The third kappa shape index (κ3) is 3.17. The van der Waals surface area contributed by atoms with Gasteiger partial charge in [-0.15, -0.1) is 14.8 Å². The zero-order valence-electron chi connectivity index (χ0n) is 9.40.